The molecule has 1 aromatic heterocycles. The van der Waals surface area contributed by atoms with Crippen LogP contribution in [0.2, 0.25) is 0 Å². The molecule has 0 fully saturated rings. The summed E-state index contributed by atoms with van der Waals surface area (Å²) >= 11 is 0. The summed E-state index contributed by atoms with van der Waals surface area (Å²) in [5, 5.41) is 0. The first-order chi connectivity index (χ1) is 8.83. The van der Waals surface area contributed by atoms with Crippen molar-refractivity contribution in [2.24, 2.45) is 0 Å². The van der Waals surface area contributed by atoms with Gasteiger partial charge in [-0.15, -0.1) is 0 Å². The Morgan fingerprint density at radius 3 is 2.94 bits per heavy atom. The van der Waals surface area contributed by atoms with Crippen LogP contribution in [0, 0.1) is 0 Å². The number of benzene rings is 1. The molecule has 2 heterocycles. The fourth-order valence-corrected chi connectivity index (χ4v) is 2.52. The lowest BCUT2D eigenvalue weighted by Gasteiger charge is -2.29. The van der Waals surface area contributed by atoms with Gasteiger partial charge in [-0.1, -0.05) is 18.2 Å². The van der Waals surface area contributed by atoms with E-state index >= 15 is 0 Å². The highest BCUT2D eigenvalue weighted by molar-refractivity contribution is 5.51. The number of fused-ring (bicyclic) bond motifs is 1. The average Bonchev–Trinajstić information content (AvgIpc) is 2.41. The van der Waals surface area contributed by atoms with Crippen LogP contribution >= 0.6 is 0 Å². The second-order valence-electron chi connectivity index (χ2n) is 4.77. The molecule has 0 amide bonds. The molecule has 2 N–H and O–H groups in total. The van der Waals surface area contributed by atoms with Crippen molar-refractivity contribution >= 4 is 5.69 Å². The third-order valence-corrected chi connectivity index (χ3v) is 3.50. The van der Waals surface area contributed by atoms with Gasteiger partial charge >= 0.3 is 0 Å². The summed E-state index contributed by atoms with van der Waals surface area (Å²) in [5.41, 5.74) is 10.8. The van der Waals surface area contributed by atoms with Gasteiger partial charge in [-0.05, 0) is 35.7 Å². The first-order valence-corrected chi connectivity index (χ1v) is 6.31. The van der Waals surface area contributed by atoms with E-state index in [0.717, 1.165) is 37.4 Å². The molecule has 0 saturated carbocycles. The van der Waals surface area contributed by atoms with Crippen molar-refractivity contribution in [3.63, 3.8) is 0 Å². The van der Waals surface area contributed by atoms with Crippen LogP contribution < -0.4 is 5.73 Å². The summed E-state index contributed by atoms with van der Waals surface area (Å²) in [6, 6.07) is 12.3. The molecule has 1 aromatic carbocycles. The number of nitrogen functional groups attached to an aromatic ring is 1. The predicted octanol–water partition coefficient (Wildman–Crippen LogP) is 2.22. The Morgan fingerprint density at radius 1 is 1.17 bits per heavy atom. The van der Waals surface area contributed by atoms with E-state index in [1.807, 2.05) is 30.5 Å². The largest absolute Gasteiger partial charge is 0.398 e. The zero-order valence-electron chi connectivity index (χ0n) is 10.3. The molecule has 3 heteroatoms. The second-order valence-corrected chi connectivity index (χ2v) is 4.77. The lowest BCUT2D eigenvalue weighted by Crippen LogP contribution is -2.30. The molecule has 0 radical (unpaired) electrons. The Kier molecular flexibility index (Phi) is 2.99. The van der Waals surface area contributed by atoms with E-state index in [0.29, 0.717) is 0 Å². The van der Waals surface area contributed by atoms with Crippen molar-refractivity contribution in [2.45, 2.75) is 19.5 Å². The van der Waals surface area contributed by atoms with E-state index < -0.39 is 0 Å². The third kappa shape index (κ3) is 2.22. The highest BCUT2D eigenvalue weighted by Crippen LogP contribution is 2.24. The van der Waals surface area contributed by atoms with Crippen molar-refractivity contribution < 1.29 is 0 Å². The van der Waals surface area contributed by atoms with E-state index in [-0.39, 0.29) is 0 Å². The minimum Gasteiger partial charge on any atom is -0.398 e. The van der Waals surface area contributed by atoms with Crippen LogP contribution in [0.3, 0.4) is 0 Å². The van der Waals surface area contributed by atoms with Crippen LogP contribution in [-0.4, -0.2) is 16.4 Å². The van der Waals surface area contributed by atoms with E-state index in [1.165, 1.54) is 11.1 Å². The maximum Gasteiger partial charge on any atom is 0.0544 e. The van der Waals surface area contributed by atoms with Crippen molar-refractivity contribution in [1.82, 2.24) is 9.88 Å². The molecule has 92 valence electrons. The smallest absolute Gasteiger partial charge is 0.0544 e. The molecule has 1 aliphatic rings. The average molecular weight is 239 g/mol. The second kappa shape index (κ2) is 4.78. The van der Waals surface area contributed by atoms with Gasteiger partial charge in [-0.2, -0.15) is 0 Å². The van der Waals surface area contributed by atoms with Gasteiger partial charge in [0.1, 0.15) is 0 Å². The number of hydrogen-bond donors (Lipinski definition) is 1. The normalized spacial score (nSPS) is 15.3. The molecule has 0 unspecified atom stereocenters. The quantitative estimate of drug-likeness (QED) is 0.817. The number of nitrogens with two attached hydrogens (primary N) is 1. The van der Waals surface area contributed by atoms with Gasteiger partial charge in [0.15, 0.2) is 0 Å². The number of pyridine rings is 1. The van der Waals surface area contributed by atoms with Crippen LogP contribution in [0.15, 0.2) is 42.6 Å². The molecule has 2 aromatic rings. The Balaban J connectivity index is 1.77. The minimum absolute atomic E-state index is 0.897. The zero-order chi connectivity index (χ0) is 12.4. The Bertz CT molecular complexity index is 537. The monoisotopic (exact) mass is 239 g/mol. The van der Waals surface area contributed by atoms with Crippen molar-refractivity contribution in [2.75, 3.05) is 12.3 Å². The predicted molar refractivity (Wildman–Crippen MR) is 72.9 cm³/mol. The molecule has 3 nitrogen and oxygen atoms in total. The molecule has 3 rings (SSSR count). The number of nitrogens with zero attached hydrogens (tertiary/aromatic N) is 2. The fraction of sp³-hybridized carbons (Fsp3) is 0.267. The fourth-order valence-electron chi connectivity index (χ4n) is 2.52. The summed E-state index contributed by atoms with van der Waals surface area (Å²) in [6.45, 7) is 2.90. The van der Waals surface area contributed by atoms with Gasteiger partial charge in [0, 0.05) is 31.5 Å². The Morgan fingerprint density at radius 2 is 2.11 bits per heavy atom. The van der Waals surface area contributed by atoms with Crippen LogP contribution in [0.5, 0.6) is 0 Å². The number of rotatable bonds is 2. The molecule has 0 aliphatic carbocycles. The summed E-state index contributed by atoms with van der Waals surface area (Å²) in [4.78, 5) is 6.78. The van der Waals surface area contributed by atoms with Crippen LogP contribution in [0.25, 0.3) is 0 Å². The molecule has 0 saturated heterocycles. The highest BCUT2D eigenvalue weighted by Gasteiger charge is 2.18. The minimum atomic E-state index is 0.897. The van der Waals surface area contributed by atoms with Gasteiger partial charge in [0.2, 0.25) is 0 Å². The van der Waals surface area contributed by atoms with E-state index in [9.17, 15) is 0 Å². The Hall–Kier alpha value is -1.87. The maximum absolute atomic E-state index is 6.05. The van der Waals surface area contributed by atoms with Crippen LogP contribution in [0.1, 0.15) is 16.8 Å². The van der Waals surface area contributed by atoms with Crippen molar-refractivity contribution in [3.05, 3.63) is 59.4 Å². The van der Waals surface area contributed by atoms with Gasteiger partial charge in [0.05, 0.1) is 5.69 Å². The SMILES string of the molecule is Nc1cccc2c1CN(Cc1ccccn1)CC2. The Labute approximate surface area is 107 Å². The van der Waals surface area contributed by atoms with Crippen LogP contribution in [0.4, 0.5) is 5.69 Å². The van der Waals surface area contributed by atoms with E-state index in [4.69, 9.17) is 5.73 Å². The summed E-state index contributed by atoms with van der Waals surface area (Å²) in [6.07, 6.45) is 2.93. The van der Waals surface area contributed by atoms with Gasteiger partial charge in [-0.3, -0.25) is 9.88 Å². The van der Waals surface area contributed by atoms with Gasteiger partial charge in [-0.25, -0.2) is 0 Å². The van der Waals surface area contributed by atoms with Gasteiger partial charge < -0.3 is 5.73 Å². The number of aromatic nitrogens is 1. The summed E-state index contributed by atoms with van der Waals surface area (Å²) in [5.74, 6) is 0. The summed E-state index contributed by atoms with van der Waals surface area (Å²) < 4.78 is 0. The van der Waals surface area contributed by atoms with Gasteiger partial charge in [0.25, 0.3) is 0 Å². The summed E-state index contributed by atoms with van der Waals surface area (Å²) in [7, 11) is 0. The number of anilines is 1. The molecule has 18 heavy (non-hydrogen) atoms. The highest BCUT2D eigenvalue weighted by atomic mass is 15.1. The lowest BCUT2D eigenvalue weighted by atomic mass is 9.98. The molecular weight excluding hydrogens is 222 g/mol. The maximum atomic E-state index is 6.05. The van der Waals surface area contributed by atoms with Crippen molar-refractivity contribution in [3.8, 4) is 0 Å². The molecular formula is C15H17N3. The standard InChI is InChI=1S/C15H17N3/c16-15-6-3-4-12-7-9-18(11-14(12)15)10-13-5-1-2-8-17-13/h1-6,8H,7,9-11,16H2. The van der Waals surface area contributed by atoms with E-state index in [1.54, 1.807) is 0 Å². The zero-order valence-corrected chi connectivity index (χ0v) is 10.3. The van der Waals surface area contributed by atoms with Crippen molar-refractivity contribution in [1.29, 1.82) is 0 Å². The lowest BCUT2D eigenvalue weighted by molar-refractivity contribution is 0.243. The van der Waals surface area contributed by atoms with Crippen LogP contribution in [-0.2, 0) is 19.5 Å². The van der Waals surface area contributed by atoms with E-state index in [2.05, 4.69) is 22.0 Å². The molecule has 1 aliphatic heterocycles. The third-order valence-electron chi connectivity index (χ3n) is 3.50. The first-order valence-electron chi connectivity index (χ1n) is 6.31. The molecule has 0 atom stereocenters. The number of hydrogen-bond acceptors (Lipinski definition) is 3. The topological polar surface area (TPSA) is 42.1 Å². The molecule has 0 bridgehead atoms. The first kappa shape index (κ1) is 11.2. The molecule has 0 spiro atoms.